The van der Waals surface area contributed by atoms with E-state index in [-0.39, 0.29) is 0 Å². The average molecular weight is 241 g/mol. The first-order valence-electron chi connectivity index (χ1n) is 6.86. The van der Waals surface area contributed by atoms with Gasteiger partial charge in [0.2, 0.25) is 5.91 Å². The fourth-order valence-electron chi connectivity index (χ4n) is 3.14. The standard InChI is InChI=1S/C16H19NO/c18-16(12-9-13-5-2-1-3-6-13)17-14-7-4-8-15(17)11-10-14/h1-7,14-15H,8-12H2. The van der Waals surface area contributed by atoms with E-state index in [4.69, 9.17) is 0 Å². The molecule has 0 aliphatic carbocycles. The van der Waals surface area contributed by atoms with Crippen molar-refractivity contribution in [3.63, 3.8) is 0 Å². The first-order chi connectivity index (χ1) is 8.84. The Kier molecular flexibility index (Phi) is 3.18. The van der Waals surface area contributed by atoms with E-state index in [0.717, 1.165) is 19.3 Å². The van der Waals surface area contributed by atoms with Crippen molar-refractivity contribution in [2.24, 2.45) is 0 Å². The number of hydrogen-bond donors (Lipinski definition) is 0. The van der Waals surface area contributed by atoms with Crippen molar-refractivity contribution >= 4 is 5.91 Å². The van der Waals surface area contributed by atoms with Gasteiger partial charge in [0.15, 0.2) is 0 Å². The minimum atomic E-state index is 0.329. The number of carbonyl (C=O) groups is 1. The van der Waals surface area contributed by atoms with Gasteiger partial charge in [-0.2, -0.15) is 0 Å². The maximum atomic E-state index is 12.3. The van der Waals surface area contributed by atoms with Crippen LogP contribution >= 0.6 is 0 Å². The van der Waals surface area contributed by atoms with E-state index in [2.05, 4.69) is 29.2 Å². The van der Waals surface area contributed by atoms with Gasteiger partial charge in [0.1, 0.15) is 0 Å². The Morgan fingerprint density at radius 2 is 2.06 bits per heavy atom. The van der Waals surface area contributed by atoms with E-state index >= 15 is 0 Å². The molecule has 18 heavy (non-hydrogen) atoms. The van der Waals surface area contributed by atoms with Gasteiger partial charge in [-0.05, 0) is 31.2 Å². The molecule has 0 radical (unpaired) electrons. The van der Waals surface area contributed by atoms with Crippen LogP contribution in [0.4, 0.5) is 0 Å². The third kappa shape index (κ3) is 2.20. The van der Waals surface area contributed by atoms with Crippen LogP contribution < -0.4 is 0 Å². The van der Waals surface area contributed by atoms with Crippen molar-refractivity contribution < 1.29 is 4.79 Å². The van der Waals surface area contributed by atoms with Gasteiger partial charge in [0.05, 0.1) is 6.04 Å². The Hall–Kier alpha value is -1.57. The summed E-state index contributed by atoms with van der Waals surface area (Å²) in [6, 6.07) is 11.1. The lowest BCUT2D eigenvalue weighted by atomic mass is 10.1. The molecule has 2 aliphatic heterocycles. The van der Waals surface area contributed by atoms with Crippen molar-refractivity contribution in [1.82, 2.24) is 4.90 Å². The van der Waals surface area contributed by atoms with Crippen molar-refractivity contribution in [1.29, 1.82) is 0 Å². The molecule has 2 heteroatoms. The van der Waals surface area contributed by atoms with Crippen LogP contribution in [0.5, 0.6) is 0 Å². The van der Waals surface area contributed by atoms with Gasteiger partial charge in [-0.3, -0.25) is 4.79 Å². The van der Waals surface area contributed by atoms with E-state index in [1.807, 2.05) is 18.2 Å². The summed E-state index contributed by atoms with van der Waals surface area (Å²) in [5, 5.41) is 0. The van der Waals surface area contributed by atoms with Crippen molar-refractivity contribution in [3.8, 4) is 0 Å². The van der Waals surface area contributed by atoms with E-state index < -0.39 is 0 Å². The number of amides is 1. The highest BCUT2D eigenvalue weighted by molar-refractivity contribution is 5.78. The maximum absolute atomic E-state index is 12.3. The molecule has 2 aliphatic rings. The summed E-state index contributed by atoms with van der Waals surface area (Å²) in [6.07, 6.45) is 9.33. The Morgan fingerprint density at radius 3 is 2.83 bits per heavy atom. The van der Waals surface area contributed by atoms with Crippen LogP contribution in [0, 0.1) is 0 Å². The van der Waals surface area contributed by atoms with Crippen molar-refractivity contribution in [2.45, 2.75) is 44.2 Å². The van der Waals surface area contributed by atoms with Gasteiger partial charge in [0.25, 0.3) is 0 Å². The van der Waals surface area contributed by atoms with Crippen molar-refractivity contribution in [2.75, 3.05) is 0 Å². The molecule has 1 aromatic rings. The number of hydrogen-bond acceptors (Lipinski definition) is 1. The smallest absolute Gasteiger partial charge is 0.223 e. The quantitative estimate of drug-likeness (QED) is 0.745. The molecule has 94 valence electrons. The lowest BCUT2D eigenvalue weighted by Crippen LogP contribution is -2.42. The van der Waals surface area contributed by atoms with Gasteiger partial charge in [-0.25, -0.2) is 0 Å². The van der Waals surface area contributed by atoms with Gasteiger partial charge >= 0.3 is 0 Å². The molecule has 0 saturated carbocycles. The highest BCUT2D eigenvalue weighted by Crippen LogP contribution is 2.32. The zero-order valence-electron chi connectivity index (χ0n) is 10.6. The molecule has 1 fully saturated rings. The van der Waals surface area contributed by atoms with Crippen LogP contribution in [0.15, 0.2) is 42.5 Å². The summed E-state index contributed by atoms with van der Waals surface area (Å²) in [6.45, 7) is 0. The highest BCUT2D eigenvalue weighted by Gasteiger charge is 2.36. The molecule has 1 saturated heterocycles. The highest BCUT2D eigenvalue weighted by atomic mass is 16.2. The summed E-state index contributed by atoms with van der Waals surface area (Å²) < 4.78 is 0. The summed E-state index contributed by atoms with van der Waals surface area (Å²) in [4.78, 5) is 14.5. The minimum Gasteiger partial charge on any atom is -0.333 e. The molecule has 0 spiro atoms. The average Bonchev–Trinajstić information content (AvgIpc) is 2.67. The lowest BCUT2D eigenvalue weighted by molar-refractivity contribution is -0.133. The Balaban J connectivity index is 1.61. The molecule has 2 heterocycles. The molecule has 2 unspecified atom stereocenters. The fourth-order valence-corrected chi connectivity index (χ4v) is 3.14. The van der Waals surface area contributed by atoms with E-state index in [1.165, 1.54) is 12.0 Å². The van der Waals surface area contributed by atoms with E-state index in [0.29, 0.717) is 24.4 Å². The molecule has 2 bridgehead atoms. The summed E-state index contributed by atoms with van der Waals surface area (Å²) in [7, 11) is 0. The number of rotatable bonds is 3. The largest absolute Gasteiger partial charge is 0.333 e. The van der Waals surface area contributed by atoms with Crippen LogP contribution in [0.25, 0.3) is 0 Å². The van der Waals surface area contributed by atoms with Gasteiger partial charge in [0, 0.05) is 12.5 Å². The second kappa shape index (κ2) is 4.97. The van der Waals surface area contributed by atoms with Crippen LogP contribution in [0.3, 0.4) is 0 Å². The molecule has 2 atom stereocenters. The number of fused-ring (bicyclic) bond motifs is 2. The van der Waals surface area contributed by atoms with E-state index in [1.54, 1.807) is 0 Å². The van der Waals surface area contributed by atoms with Gasteiger partial charge < -0.3 is 4.90 Å². The monoisotopic (exact) mass is 241 g/mol. The SMILES string of the molecule is O=C(CCc1ccccc1)N1C2C=CCC1CC2. The Bertz CT molecular complexity index is 451. The predicted octanol–water partition coefficient (Wildman–Crippen LogP) is 2.94. The zero-order chi connectivity index (χ0) is 12.4. The third-order valence-corrected chi connectivity index (χ3v) is 4.07. The number of aryl methyl sites for hydroxylation is 1. The Labute approximate surface area is 108 Å². The molecule has 0 aromatic heterocycles. The van der Waals surface area contributed by atoms with E-state index in [9.17, 15) is 4.79 Å². The van der Waals surface area contributed by atoms with Crippen LogP contribution in [0.1, 0.15) is 31.2 Å². The molecule has 0 N–H and O–H groups in total. The van der Waals surface area contributed by atoms with Crippen LogP contribution in [-0.4, -0.2) is 22.9 Å². The first kappa shape index (κ1) is 11.5. The van der Waals surface area contributed by atoms with Gasteiger partial charge in [-0.1, -0.05) is 42.5 Å². The van der Waals surface area contributed by atoms with Crippen molar-refractivity contribution in [3.05, 3.63) is 48.0 Å². The molecular formula is C16H19NO. The second-order valence-corrected chi connectivity index (χ2v) is 5.25. The molecule has 2 nitrogen and oxygen atoms in total. The number of nitrogens with zero attached hydrogens (tertiary/aromatic N) is 1. The minimum absolute atomic E-state index is 0.329. The topological polar surface area (TPSA) is 20.3 Å². The van der Waals surface area contributed by atoms with Crippen LogP contribution in [-0.2, 0) is 11.2 Å². The lowest BCUT2D eigenvalue weighted by Gasteiger charge is -2.31. The zero-order valence-corrected chi connectivity index (χ0v) is 10.6. The maximum Gasteiger partial charge on any atom is 0.223 e. The summed E-state index contributed by atoms with van der Waals surface area (Å²) in [5.41, 5.74) is 1.26. The normalized spacial score (nSPS) is 25.4. The number of benzene rings is 1. The first-order valence-corrected chi connectivity index (χ1v) is 6.86. The third-order valence-electron chi connectivity index (χ3n) is 4.07. The molecular weight excluding hydrogens is 222 g/mol. The fraction of sp³-hybridized carbons (Fsp3) is 0.438. The van der Waals surface area contributed by atoms with Gasteiger partial charge in [-0.15, -0.1) is 0 Å². The molecule has 3 rings (SSSR count). The summed E-state index contributed by atoms with van der Waals surface area (Å²) >= 11 is 0. The molecule has 1 aromatic carbocycles. The Morgan fingerprint density at radius 1 is 1.22 bits per heavy atom. The number of carbonyl (C=O) groups excluding carboxylic acids is 1. The second-order valence-electron chi connectivity index (χ2n) is 5.25. The summed E-state index contributed by atoms with van der Waals surface area (Å²) in [5.74, 6) is 0.329. The molecule has 1 amide bonds. The predicted molar refractivity (Wildman–Crippen MR) is 72.2 cm³/mol. The van der Waals surface area contributed by atoms with Crippen LogP contribution in [0.2, 0.25) is 0 Å².